The third kappa shape index (κ3) is 4.36. The summed E-state index contributed by atoms with van der Waals surface area (Å²) in [5.41, 5.74) is 0.435. The molecule has 0 saturated carbocycles. The van der Waals surface area contributed by atoms with Gasteiger partial charge in [0.05, 0.1) is 12.7 Å². The van der Waals surface area contributed by atoms with Gasteiger partial charge >= 0.3 is 15.3 Å². The summed E-state index contributed by atoms with van der Waals surface area (Å²) in [5, 5.41) is 8.86. The van der Waals surface area contributed by atoms with Crippen molar-refractivity contribution in [2.24, 2.45) is 0 Å². The van der Waals surface area contributed by atoms with Crippen molar-refractivity contribution in [1.29, 1.82) is 0 Å². The van der Waals surface area contributed by atoms with Crippen molar-refractivity contribution in [3.63, 3.8) is 0 Å². The van der Waals surface area contributed by atoms with E-state index in [9.17, 15) is 4.79 Å². The van der Waals surface area contributed by atoms with Gasteiger partial charge in [0, 0.05) is 0 Å². The Labute approximate surface area is 82.3 Å². The van der Waals surface area contributed by atoms with Gasteiger partial charge in [-0.25, -0.2) is 4.79 Å². The molecule has 0 atom stereocenters. The van der Waals surface area contributed by atoms with Gasteiger partial charge in [0.15, 0.2) is 0 Å². The smallest absolute Gasteiger partial charge is 0.508 e. The lowest BCUT2D eigenvalue weighted by atomic mass is 10.2. The predicted octanol–water partition coefficient (Wildman–Crippen LogP) is 0.560. The number of hydrogen-bond donors (Lipinski definition) is 1. The molecule has 14 heavy (non-hydrogen) atoms. The summed E-state index contributed by atoms with van der Waals surface area (Å²) >= 11 is 0. The van der Waals surface area contributed by atoms with Crippen molar-refractivity contribution in [2.75, 3.05) is 7.11 Å². The molecule has 0 aromatic heterocycles. The fourth-order valence-corrected chi connectivity index (χ4v) is 0.715. The molecular formula is C8H8O5Si. The minimum Gasteiger partial charge on any atom is -0.508 e. The average Bonchev–Trinajstić information content (AvgIpc) is 2.19. The first-order valence-corrected chi connectivity index (χ1v) is 4.34. The minimum absolute atomic E-state index is 0.137. The Kier molecular flexibility index (Phi) is 5.96. The molecule has 6 heteroatoms. The van der Waals surface area contributed by atoms with Crippen LogP contribution in [0.15, 0.2) is 24.3 Å². The van der Waals surface area contributed by atoms with Gasteiger partial charge < -0.3 is 9.84 Å². The third-order valence-electron chi connectivity index (χ3n) is 1.29. The zero-order valence-corrected chi connectivity index (χ0v) is 8.39. The molecule has 0 spiro atoms. The Morgan fingerprint density at radius 3 is 2.07 bits per heavy atom. The number of benzene rings is 1. The number of phenols is 1. The molecule has 0 bridgehead atoms. The zero-order valence-electron chi connectivity index (χ0n) is 7.39. The predicted molar refractivity (Wildman–Crippen MR) is 46.6 cm³/mol. The second kappa shape index (κ2) is 6.78. The van der Waals surface area contributed by atoms with Crippen LogP contribution in [0.5, 0.6) is 5.75 Å². The van der Waals surface area contributed by atoms with E-state index in [4.69, 9.17) is 14.0 Å². The summed E-state index contributed by atoms with van der Waals surface area (Å²) in [5.74, 6) is -0.261. The van der Waals surface area contributed by atoms with E-state index in [1.54, 1.807) is 0 Å². The normalized spacial score (nSPS) is 7.79. The molecule has 0 unspecified atom stereocenters. The molecule has 0 aliphatic heterocycles. The lowest BCUT2D eigenvalue weighted by Gasteiger charge is -1.97. The van der Waals surface area contributed by atoms with Crippen LogP contribution in [0, 0.1) is 0 Å². The second-order valence-corrected chi connectivity index (χ2v) is 2.29. The first kappa shape index (κ1) is 12.3. The number of methoxy groups -OCH3 is 1. The van der Waals surface area contributed by atoms with Crippen molar-refractivity contribution in [2.45, 2.75) is 0 Å². The summed E-state index contributed by atoms with van der Waals surface area (Å²) in [6.07, 6.45) is 0. The first-order chi connectivity index (χ1) is 6.65. The maximum absolute atomic E-state index is 10.8. The number of carbonyl (C=O) groups excluding carboxylic acids is 1. The Balaban J connectivity index is 0.000000500. The fraction of sp³-hybridized carbons (Fsp3) is 0.125. The SMILES string of the molecule is COC(=O)c1ccc(O)cc1.O=[Si]=O. The lowest BCUT2D eigenvalue weighted by molar-refractivity contribution is 0.0600. The van der Waals surface area contributed by atoms with Crippen molar-refractivity contribution in [1.82, 2.24) is 0 Å². The third-order valence-corrected chi connectivity index (χ3v) is 1.29. The summed E-state index contributed by atoms with van der Waals surface area (Å²) in [4.78, 5) is 10.8. The average molecular weight is 212 g/mol. The number of phenolic OH excluding ortho intramolecular Hbond substituents is 1. The Morgan fingerprint density at radius 1 is 1.29 bits per heavy atom. The molecule has 0 fully saturated rings. The van der Waals surface area contributed by atoms with E-state index >= 15 is 0 Å². The van der Waals surface area contributed by atoms with E-state index in [2.05, 4.69) is 4.74 Å². The van der Waals surface area contributed by atoms with Crippen LogP contribution in [0.25, 0.3) is 0 Å². The van der Waals surface area contributed by atoms with Crippen LogP contribution in [0.3, 0.4) is 0 Å². The van der Waals surface area contributed by atoms with Crippen molar-refractivity contribution < 1.29 is 23.6 Å². The molecule has 5 nitrogen and oxygen atoms in total. The standard InChI is InChI=1S/C8H8O3.O2Si/c1-11-8(10)6-2-4-7(9)5-3-6;1-3-2/h2-5,9H,1H3;. The molecular weight excluding hydrogens is 204 g/mol. The first-order valence-electron chi connectivity index (χ1n) is 3.52. The van der Waals surface area contributed by atoms with Crippen LogP contribution >= 0.6 is 0 Å². The summed E-state index contributed by atoms with van der Waals surface area (Å²) in [6.45, 7) is 0. The van der Waals surface area contributed by atoms with E-state index in [-0.39, 0.29) is 5.75 Å². The number of ether oxygens (including phenoxy) is 1. The number of hydrogen-bond acceptors (Lipinski definition) is 5. The summed E-state index contributed by atoms with van der Waals surface area (Å²) in [6, 6.07) is 5.88. The summed E-state index contributed by atoms with van der Waals surface area (Å²) < 4.78 is 21.3. The van der Waals surface area contributed by atoms with Crippen molar-refractivity contribution in [3.8, 4) is 5.75 Å². The number of esters is 1. The van der Waals surface area contributed by atoms with E-state index < -0.39 is 15.3 Å². The van der Waals surface area contributed by atoms with Gasteiger partial charge in [0.2, 0.25) is 0 Å². The van der Waals surface area contributed by atoms with Gasteiger partial charge in [-0.2, -0.15) is 0 Å². The minimum atomic E-state index is -1.42. The van der Waals surface area contributed by atoms with E-state index in [1.165, 1.54) is 31.4 Å². The van der Waals surface area contributed by atoms with Crippen LogP contribution in [-0.2, 0) is 13.7 Å². The molecule has 74 valence electrons. The highest BCUT2D eigenvalue weighted by atomic mass is 28.2. The van der Waals surface area contributed by atoms with Gasteiger partial charge in [-0.15, -0.1) is 0 Å². The maximum atomic E-state index is 10.8. The highest BCUT2D eigenvalue weighted by Gasteiger charge is 2.02. The van der Waals surface area contributed by atoms with Crippen molar-refractivity contribution >= 4 is 15.3 Å². The number of carbonyl (C=O) groups is 1. The Bertz CT molecular complexity index is 326. The summed E-state index contributed by atoms with van der Waals surface area (Å²) in [7, 11) is -0.102. The quantitative estimate of drug-likeness (QED) is 0.543. The molecule has 0 aliphatic carbocycles. The largest absolute Gasteiger partial charge is 0.549 e. The topological polar surface area (TPSA) is 80.7 Å². The second-order valence-electron chi connectivity index (χ2n) is 2.12. The highest BCUT2D eigenvalue weighted by Crippen LogP contribution is 2.09. The van der Waals surface area contributed by atoms with Crippen LogP contribution < -0.4 is 0 Å². The van der Waals surface area contributed by atoms with Crippen molar-refractivity contribution in [3.05, 3.63) is 29.8 Å². The molecule has 1 aromatic carbocycles. The molecule has 1 rings (SSSR count). The zero-order chi connectivity index (χ0) is 11.0. The van der Waals surface area contributed by atoms with E-state index in [0.717, 1.165) is 0 Å². The molecule has 1 aromatic rings. The Hall–Kier alpha value is -1.69. The van der Waals surface area contributed by atoms with Gasteiger partial charge in [0.25, 0.3) is 0 Å². The van der Waals surface area contributed by atoms with Crippen LogP contribution in [0.4, 0.5) is 0 Å². The van der Waals surface area contributed by atoms with E-state index in [0.29, 0.717) is 5.56 Å². The Morgan fingerprint density at radius 2 is 1.71 bits per heavy atom. The lowest BCUT2D eigenvalue weighted by Crippen LogP contribution is -1.99. The van der Waals surface area contributed by atoms with Crippen LogP contribution in [-0.4, -0.2) is 27.5 Å². The van der Waals surface area contributed by atoms with Gasteiger partial charge in [0.1, 0.15) is 5.75 Å². The molecule has 0 heterocycles. The van der Waals surface area contributed by atoms with Gasteiger partial charge in [-0.1, -0.05) is 0 Å². The molecule has 0 radical (unpaired) electrons. The highest BCUT2D eigenvalue weighted by molar-refractivity contribution is 5.94. The fourth-order valence-electron chi connectivity index (χ4n) is 0.715. The van der Waals surface area contributed by atoms with Crippen LogP contribution in [0.1, 0.15) is 10.4 Å². The monoisotopic (exact) mass is 212 g/mol. The molecule has 1 N–H and O–H groups in total. The van der Waals surface area contributed by atoms with Gasteiger partial charge in [-0.3, -0.25) is 8.92 Å². The van der Waals surface area contributed by atoms with Crippen LogP contribution in [0.2, 0.25) is 0 Å². The van der Waals surface area contributed by atoms with Gasteiger partial charge in [-0.05, 0) is 24.3 Å². The number of aromatic hydroxyl groups is 1. The number of rotatable bonds is 1. The van der Waals surface area contributed by atoms with E-state index in [1.807, 2.05) is 0 Å². The maximum Gasteiger partial charge on any atom is 0.549 e. The molecule has 0 amide bonds. The molecule has 0 aliphatic rings. The molecule has 0 saturated heterocycles.